The summed E-state index contributed by atoms with van der Waals surface area (Å²) in [5.41, 5.74) is 0. The number of ether oxygens (including phenoxy) is 1. The Morgan fingerprint density at radius 2 is 2.33 bits per heavy atom. The molecule has 1 aliphatic rings. The quantitative estimate of drug-likeness (QED) is 0.868. The van der Waals surface area contributed by atoms with Crippen LogP contribution in [-0.2, 0) is 14.8 Å². The van der Waals surface area contributed by atoms with E-state index in [1.165, 1.54) is 4.31 Å². The molecule has 18 heavy (non-hydrogen) atoms. The number of pyridine rings is 1. The van der Waals surface area contributed by atoms with Gasteiger partial charge in [-0.15, -0.1) is 0 Å². The molecule has 0 radical (unpaired) electrons. The first-order valence-electron chi connectivity index (χ1n) is 5.80. The maximum atomic E-state index is 12.5. The van der Waals surface area contributed by atoms with Crippen LogP contribution in [-0.4, -0.2) is 50.6 Å². The minimum absolute atomic E-state index is 0.0803. The summed E-state index contributed by atoms with van der Waals surface area (Å²) >= 11 is 0. The second kappa shape index (κ2) is 5.21. The van der Waals surface area contributed by atoms with Crippen molar-refractivity contribution >= 4 is 15.8 Å². The van der Waals surface area contributed by atoms with Crippen molar-refractivity contribution in [2.24, 2.45) is 0 Å². The molecule has 2 heterocycles. The Hall–Kier alpha value is -1.18. The zero-order chi connectivity index (χ0) is 13.2. The van der Waals surface area contributed by atoms with Gasteiger partial charge >= 0.3 is 0 Å². The van der Waals surface area contributed by atoms with Crippen molar-refractivity contribution in [1.82, 2.24) is 9.29 Å². The average Bonchev–Trinajstić information content (AvgIpc) is 2.38. The van der Waals surface area contributed by atoms with Crippen molar-refractivity contribution in [2.45, 2.75) is 17.9 Å². The lowest BCUT2D eigenvalue weighted by molar-refractivity contribution is 0.0102. The molecule has 0 saturated carbocycles. The van der Waals surface area contributed by atoms with Crippen LogP contribution in [0.1, 0.15) is 6.92 Å². The molecular formula is C11H17N3O3S. The minimum Gasteiger partial charge on any atom is -0.376 e. The summed E-state index contributed by atoms with van der Waals surface area (Å²) in [6, 6.07) is 3.19. The summed E-state index contributed by atoms with van der Waals surface area (Å²) in [6.07, 6.45) is 1.48. The van der Waals surface area contributed by atoms with Gasteiger partial charge in [-0.1, -0.05) is 0 Å². The summed E-state index contributed by atoms with van der Waals surface area (Å²) in [4.78, 5) is 4.24. The molecule has 1 unspecified atom stereocenters. The maximum Gasteiger partial charge on any atom is 0.246 e. The van der Waals surface area contributed by atoms with Crippen LogP contribution < -0.4 is 5.32 Å². The Kier molecular flexibility index (Phi) is 3.84. The molecule has 6 nitrogen and oxygen atoms in total. The van der Waals surface area contributed by atoms with E-state index >= 15 is 0 Å². The van der Waals surface area contributed by atoms with Crippen LogP contribution in [0.3, 0.4) is 0 Å². The second-order valence-corrected chi connectivity index (χ2v) is 6.05. The molecule has 1 aliphatic heterocycles. The molecule has 1 aromatic rings. The van der Waals surface area contributed by atoms with Gasteiger partial charge in [-0.2, -0.15) is 4.31 Å². The molecule has 0 spiro atoms. The van der Waals surface area contributed by atoms with Crippen LogP contribution in [0, 0.1) is 0 Å². The van der Waals surface area contributed by atoms with Gasteiger partial charge in [0, 0.05) is 26.3 Å². The molecule has 1 N–H and O–H groups in total. The molecule has 1 fully saturated rings. The number of hydrogen-bond donors (Lipinski definition) is 1. The SMILES string of the molecule is CNc1ncccc1S(=O)(=O)N1CCOC(C)C1. The van der Waals surface area contributed by atoms with Gasteiger partial charge in [0.2, 0.25) is 10.0 Å². The number of rotatable bonds is 3. The summed E-state index contributed by atoms with van der Waals surface area (Å²) < 4.78 is 31.8. The van der Waals surface area contributed by atoms with Crippen molar-refractivity contribution in [3.05, 3.63) is 18.3 Å². The standard InChI is InChI=1S/C11H17N3O3S/c1-9-8-14(6-7-17-9)18(15,16)10-4-3-5-13-11(10)12-2/h3-5,9H,6-8H2,1-2H3,(H,12,13). The van der Waals surface area contributed by atoms with E-state index in [-0.39, 0.29) is 11.0 Å². The third-order valence-corrected chi connectivity index (χ3v) is 4.73. The number of nitrogens with zero attached hydrogens (tertiary/aromatic N) is 2. The third-order valence-electron chi connectivity index (χ3n) is 2.83. The lowest BCUT2D eigenvalue weighted by Gasteiger charge is -2.30. The predicted molar refractivity (Wildman–Crippen MR) is 68.0 cm³/mol. The number of sulfonamides is 1. The van der Waals surface area contributed by atoms with Gasteiger partial charge in [0.15, 0.2) is 0 Å². The highest BCUT2D eigenvalue weighted by Crippen LogP contribution is 2.23. The largest absolute Gasteiger partial charge is 0.376 e. The van der Waals surface area contributed by atoms with Gasteiger partial charge in [-0.3, -0.25) is 0 Å². The van der Waals surface area contributed by atoms with Crippen LogP contribution in [0.4, 0.5) is 5.82 Å². The fourth-order valence-corrected chi connectivity index (χ4v) is 3.58. The Balaban J connectivity index is 2.35. The van der Waals surface area contributed by atoms with Crippen molar-refractivity contribution in [3.63, 3.8) is 0 Å². The smallest absolute Gasteiger partial charge is 0.246 e. The first kappa shape index (κ1) is 13.3. The van der Waals surface area contributed by atoms with Crippen molar-refractivity contribution in [2.75, 3.05) is 32.1 Å². The average molecular weight is 271 g/mol. The molecular weight excluding hydrogens is 254 g/mol. The van der Waals surface area contributed by atoms with E-state index in [0.29, 0.717) is 25.5 Å². The van der Waals surface area contributed by atoms with Gasteiger partial charge in [0.1, 0.15) is 10.7 Å². The van der Waals surface area contributed by atoms with Gasteiger partial charge < -0.3 is 10.1 Å². The highest BCUT2D eigenvalue weighted by molar-refractivity contribution is 7.89. The van der Waals surface area contributed by atoms with E-state index in [2.05, 4.69) is 10.3 Å². The van der Waals surface area contributed by atoms with E-state index in [4.69, 9.17) is 4.74 Å². The fraction of sp³-hybridized carbons (Fsp3) is 0.545. The Bertz CT molecular complexity index is 518. The lowest BCUT2D eigenvalue weighted by atomic mass is 10.3. The first-order chi connectivity index (χ1) is 8.55. The molecule has 0 aliphatic carbocycles. The van der Waals surface area contributed by atoms with Crippen molar-refractivity contribution < 1.29 is 13.2 Å². The molecule has 0 bridgehead atoms. The number of hydrogen-bond acceptors (Lipinski definition) is 5. The lowest BCUT2D eigenvalue weighted by Crippen LogP contribution is -2.44. The maximum absolute atomic E-state index is 12.5. The van der Waals surface area contributed by atoms with E-state index in [1.807, 2.05) is 6.92 Å². The molecule has 1 aromatic heterocycles. The van der Waals surface area contributed by atoms with Crippen LogP contribution in [0.15, 0.2) is 23.2 Å². The number of anilines is 1. The van der Waals surface area contributed by atoms with Gasteiger partial charge in [0.25, 0.3) is 0 Å². The molecule has 1 saturated heterocycles. The third kappa shape index (κ3) is 2.47. The molecule has 1 atom stereocenters. The Labute approximate surface area is 107 Å². The highest BCUT2D eigenvalue weighted by atomic mass is 32.2. The Morgan fingerprint density at radius 3 is 3.00 bits per heavy atom. The van der Waals surface area contributed by atoms with Gasteiger partial charge in [-0.25, -0.2) is 13.4 Å². The highest BCUT2D eigenvalue weighted by Gasteiger charge is 2.31. The van der Waals surface area contributed by atoms with Gasteiger partial charge in [0.05, 0.1) is 12.7 Å². The number of nitrogens with one attached hydrogen (secondary N) is 1. The Morgan fingerprint density at radius 1 is 1.56 bits per heavy atom. The fourth-order valence-electron chi connectivity index (χ4n) is 1.93. The molecule has 100 valence electrons. The molecule has 7 heteroatoms. The van der Waals surface area contributed by atoms with E-state index in [9.17, 15) is 8.42 Å². The predicted octanol–water partition coefficient (Wildman–Crippen LogP) is 0.533. The van der Waals surface area contributed by atoms with Crippen LogP contribution in [0.25, 0.3) is 0 Å². The monoisotopic (exact) mass is 271 g/mol. The summed E-state index contributed by atoms with van der Waals surface area (Å²) in [5, 5.41) is 2.80. The summed E-state index contributed by atoms with van der Waals surface area (Å²) in [6.45, 7) is 3.05. The molecule has 0 amide bonds. The summed E-state index contributed by atoms with van der Waals surface area (Å²) in [7, 11) is -1.85. The van der Waals surface area contributed by atoms with Crippen LogP contribution in [0.2, 0.25) is 0 Å². The zero-order valence-corrected chi connectivity index (χ0v) is 11.3. The number of aromatic nitrogens is 1. The van der Waals surface area contributed by atoms with E-state index < -0.39 is 10.0 Å². The second-order valence-electron chi connectivity index (χ2n) is 4.14. The van der Waals surface area contributed by atoms with Crippen molar-refractivity contribution in [3.8, 4) is 0 Å². The molecule has 0 aromatic carbocycles. The van der Waals surface area contributed by atoms with E-state index in [0.717, 1.165) is 0 Å². The first-order valence-corrected chi connectivity index (χ1v) is 7.24. The van der Waals surface area contributed by atoms with E-state index in [1.54, 1.807) is 25.4 Å². The van der Waals surface area contributed by atoms with Crippen molar-refractivity contribution in [1.29, 1.82) is 0 Å². The molecule has 2 rings (SSSR count). The van der Waals surface area contributed by atoms with Crippen LogP contribution in [0.5, 0.6) is 0 Å². The topological polar surface area (TPSA) is 71.5 Å². The zero-order valence-electron chi connectivity index (χ0n) is 10.5. The normalized spacial score (nSPS) is 21.8. The van der Waals surface area contributed by atoms with Crippen LogP contribution >= 0.6 is 0 Å². The summed E-state index contributed by atoms with van der Waals surface area (Å²) in [5.74, 6) is 0.372. The minimum atomic E-state index is -3.51. The van der Waals surface area contributed by atoms with Gasteiger partial charge in [-0.05, 0) is 19.1 Å². The number of morpholine rings is 1.